The van der Waals surface area contributed by atoms with Gasteiger partial charge >= 0.3 is 0 Å². The summed E-state index contributed by atoms with van der Waals surface area (Å²) in [5.74, 6) is -0.413. The van der Waals surface area contributed by atoms with Crippen LogP contribution in [0.5, 0.6) is 0 Å². The number of anilines is 2. The van der Waals surface area contributed by atoms with Gasteiger partial charge < -0.3 is 11.1 Å². The molecule has 5 nitrogen and oxygen atoms in total. The highest BCUT2D eigenvalue weighted by molar-refractivity contribution is 5.93. The Balaban J connectivity index is 3.00. The Bertz CT molecular complexity index is 373. The zero-order valence-corrected chi connectivity index (χ0v) is 5.80. The lowest BCUT2D eigenvalue weighted by Gasteiger charge is -2.04. The molecule has 1 rings (SSSR count). The number of amides is 1. The van der Waals surface area contributed by atoms with E-state index in [9.17, 15) is 14.4 Å². The topological polar surface area (TPSA) is 89.3 Å². The zero-order chi connectivity index (χ0) is 8.59. The maximum atomic E-state index is 10.6. The molecule has 1 aromatic rings. The zero-order valence-electron chi connectivity index (χ0n) is 5.80. The third-order valence-electron chi connectivity index (χ3n) is 1.25. The summed E-state index contributed by atoms with van der Waals surface area (Å²) in [7, 11) is 0. The number of nitrogen functional groups attached to an aromatic ring is 1. The molecule has 11 heavy (non-hydrogen) atoms. The molecule has 0 radical (unpaired) electrons. The van der Waals surface area contributed by atoms with E-state index in [1.54, 1.807) is 0 Å². The first-order chi connectivity index (χ1) is 5.04. The van der Waals surface area contributed by atoms with Crippen molar-refractivity contribution in [3.05, 3.63) is 20.4 Å². The van der Waals surface area contributed by atoms with Crippen molar-refractivity contribution in [3.8, 4) is 0 Å². The smallest absolute Gasteiger partial charge is 0.253 e. The molecule has 58 valence electrons. The molecule has 5 heteroatoms. The van der Waals surface area contributed by atoms with Crippen LogP contribution in [-0.4, -0.2) is 5.91 Å². The average molecular weight is 154 g/mol. The largest absolute Gasteiger partial charge is 0.394 e. The summed E-state index contributed by atoms with van der Waals surface area (Å²) in [4.78, 5) is 31.5. The lowest BCUT2D eigenvalue weighted by molar-refractivity contribution is -0.114. The third-order valence-corrected chi connectivity index (χ3v) is 1.25. The van der Waals surface area contributed by atoms with Gasteiger partial charge in [-0.05, 0) is 0 Å². The van der Waals surface area contributed by atoms with Gasteiger partial charge in [-0.1, -0.05) is 0 Å². The van der Waals surface area contributed by atoms with Crippen LogP contribution in [-0.2, 0) is 4.79 Å². The van der Waals surface area contributed by atoms with Crippen molar-refractivity contribution in [2.24, 2.45) is 0 Å². The Kier molecular flexibility index (Phi) is 1.48. The molecule has 0 saturated carbocycles. The van der Waals surface area contributed by atoms with Crippen molar-refractivity contribution in [3.63, 3.8) is 0 Å². The second-order valence-corrected chi connectivity index (χ2v) is 2.13. The van der Waals surface area contributed by atoms with Crippen LogP contribution in [0.15, 0.2) is 9.59 Å². The second kappa shape index (κ2) is 2.19. The molecular formula is C6H6N2O3. The van der Waals surface area contributed by atoms with E-state index in [4.69, 9.17) is 5.73 Å². The lowest BCUT2D eigenvalue weighted by Crippen LogP contribution is -2.37. The molecule has 0 fully saturated rings. The Labute approximate surface area is 61.5 Å². The molecular weight excluding hydrogens is 148 g/mol. The fraction of sp³-hybridized carbons (Fsp3) is 0.167. The van der Waals surface area contributed by atoms with E-state index in [1.807, 2.05) is 0 Å². The van der Waals surface area contributed by atoms with Crippen LogP contribution in [0, 0.1) is 0 Å². The Hall–Kier alpha value is -1.65. The number of carbonyl (C=O) groups is 1. The van der Waals surface area contributed by atoms with E-state index in [0.29, 0.717) is 0 Å². The minimum absolute atomic E-state index is 0.0810. The van der Waals surface area contributed by atoms with Gasteiger partial charge in [0, 0.05) is 6.92 Å². The van der Waals surface area contributed by atoms with Crippen LogP contribution in [0.4, 0.5) is 11.4 Å². The first-order valence-electron chi connectivity index (χ1n) is 2.90. The molecule has 0 aliphatic carbocycles. The van der Waals surface area contributed by atoms with Crippen molar-refractivity contribution in [1.82, 2.24) is 0 Å². The van der Waals surface area contributed by atoms with Crippen LogP contribution in [0.3, 0.4) is 0 Å². The van der Waals surface area contributed by atoms with Gasteiger partial charge in [0.25, 0.3) is 10.9 Å². The van der Waals surface area contributed by atoms with Gasteiger partial charge in [0.2, 0.25) is 5.91 Å². The first kappa shape index (κ1) is 7.46. The van der Waals surface area contributed by atoms with Gasteiger partial charge in [-0.3, -0.25) is 14.4 Å². The standard InChI is InChI=1S/C6H6N2O3/c1-2(9)8-4-3(7)5(10)6(4)11/h7H2,1H3,(H,8,9). The highest BCUT2D eigenvalue weighted by Gasteiger charge is 2.17. The molecule has 0 atom stereocenters. The Morgan fingerprint density at radius 2 is 1.91 bits per heavy atom. The molecule has 1 amide bonds. The van der Waals surface area contributed by atoms with E-state index >= 15 is 0 Å². The summed E-state index contributed by atoms with van der Waals surface area (Å²) < 4.78 is 0. The molecule has 0 aliphatic heterocycles. The minimum atomic E-state index is -0.728. The van der Waals surface area contributed by atoms with E-state index in [1.165, 1.54) is 6.92 Å². The SMILES string of the molecule is CC(=O)Nc1c(N)c(=O)c1=O. The number of hydrogen-bond donors (Lipinski definition) is 2. The van der Waals surface area contributed by atoms with Crippen LogP contribution in [0.2, 0.25) is 0 Å². The van der Waals surface area contributed by atoms with E-state index in [2.05, 4.69) is 5.32 Å². The van der Waals surface area contributed by atoms with Gasteiger partial charge in [-0.2, -0.15) is 0 Å². The first-order valence-corrected chi connectivity index (χ1v) is 2.90. The highest BCUT2D eigenvalue weighted by Crippen LogP contribution is 2.07. The highest BCUT2D eigenvalue weighted by atomic mass is 16.2. The summed E-state index contributed by atoms with van der Waals surface area (Å²) in [6.45, 7) is 1.23. The molecule has 0 heterocycles. The molecule has 1 aromatic carbocycles. The van der Waals surface area contributed by atoms with Crippen molar-refractivity contribution in [2.45, 2.75) is 6.92 Å². The van der Waals surface area contributed by atoms with Gasteiger partial charge in [0.15, 0.2) is 0 Å². The molecule has 0 spiro atoms. The van der Waals surface area contributed by atoms with Crippen molar-refractivity contribution >= 4 is 17.3 Å². The number of nitrogens with one attached hydrogen (secondary N) is 1. The van der Waals surface area contributed by atoms with Crippen LogP contribution in [0.25, 0.3) is 0 Å². The van der Waals surface area contributed by atoms with Crippen LogP contribution >= 0.6 is 0 Å². The third kappa shape index (κ3) is 1.000. The number of nitrogens with two attached hydrogens (primary N) is 1. The van der Waals surface area contributed by atoms with E-state index in [-0.39, 0.29) is 11.4 Å². The number of rotatable bonds is 1. The summed E-state index contributed by atoms with van der Waals surface area (Å²) in [5, 5.41) is 2.15. The maximum Gasteiger partial charge on any atom is 0.253 e. The van der Waals surface area contributed by atoms with Gasteiger partial charge in [0.05, 0.1) is 0 Å². The predicted molar refractivity (Wildman–Crippen MR) is 40.1 cm³/mol. The van der Waals surface area contributed by atoms with Crippen LogP contribution < -0.4 is 21.9 Å². The molecule has 0 bridgehead atoms. The van der Waals surface area contributed by atoms with E-state index < -0.39 is 16.8 Å². The predicted octanol–water partition coefficient (Wildman–Crippen LogP) is -1.18. The van der Waals surface area contributed by atoms with Gasteiger partial charge in [-0.15, -0.1) is 0 Å². The molecule has 0 unspecified atom stereocenters. The van der Waals surface area contributed by atoms with E-state index in [0.717, 1.165) is 0 Å². The fourth-order valence-corrected chi connectivity index (χ4v) is 0.709. The second-order valence-electron chi connectivity index (χ2n) is 2.13. The van der Waals surface area contributed by atoms with Crippen LogP contribution in [0.1, 0.15) is 6.92 Å². The number of carbonyl (C=O) groups excluding carboxylic acids is 1. The number of hydrogen-bond acceptors (Lipinski definition) is 4. The molecule has 3 N–H and O–H groups in total. The average Bonchev–Trinajstić information content (AvgIpc) is 1.98. The quantitative estimate of drug-likeness (QED) is 0.498. The summed E-state index contributed by atoms with van der Waals surface area (Å²) in [6, 6.07) is 0. The molecule has 0 aliphatic rings. The Morgan fingerprint density at radius 1 is 1.36 bits per heavy atom. The van der Waals surface area contributed by atoms with Gasteiger partial charge in [-0.25, -0.2) is 0 Å². The maximum absolute atomic E-state index is 10.6. The van der Waals surface area contributed by atoms with Gasteiger partial charge in [0.1, 0.15) is 11.4 Å². The fourth-order valence-electron chi connectivity index (χ4n) is 0.709. The van der Waals surface area contributed by atoms with Crippen molar-refractivity contribution in [2.75, 3.05) is 11.1 Å². The monoisotopic (exact) mass is 154 g/mol. The Morgan fingerprint density at radius 3 is 2.27 bits per heavy atom. The summed E-state index contributed by atoms with van der Waals surface area (Å²) >= 11 is 0. The summed E-state index contributed by atoms with van der Waals surface area (Å²) in [5.41, 5.74) is 3.40. The molecule has 0 aromatic heterocycles. The van der Waals surface area contributed by atoms with Crippen molar-refractivity contribution in [1.29, 1.82) is 0 Å². The summed E-state index contributed by atoms with van der Waals surface area (Å²) in [6.07, 6.45) is 0. The minimum Gasteiger partial charge on any atom is -0.394 e. The lowest BCUT2D eigenvalue weighted by atomic mass is 10.2. The normalized spacial score (nSPS) is 9.91. The van der Waals surface area contributed by atoms with Crippen molar-refractivity contribution < 1.29 is 4.79 Å². The molecule has 0 saturated heterocycles.